The van der Waals surface area contributed by atoms with Crippen molar-refractivity contribution >= 4 is 30.0 Å². The lowest BCUT2D eigenvalue weighted by Gasteiger charge is -2.05. The fourth-order valence-corrected chi connectivity index (χ4v) is 2.22. The molecular formula is C16H17Cl2NO2. The van der Waals surface area contributed by atoms with Crippen LogP contribution in [0.2, 0.25) is 5.02 Å². The van der Waals surface area contributed by atoms with Crippen LogP contribution in [0.5, 0.6) is 0 Å². The predicted molar refractivity (Wildman–Crippen MR) is 87.4 cm³/mol. The van der Waals surface area contributed by atoms with Gasteiger partial charge in [-0.3, -0.25) is 4.79 Å². The van der Waals surface area contributed by atoms with E-state index in [0.717, 1.165) is 29.0 Å². The predicted octanol–water partition coefficient (Wildman–Crippen LogP) is 4.17. The molecule has 0 radical (unpaired) electrons. The van der Waals surface area contributed by atoms with Crippen LogP contribution in [0.25, 0.3) is 11.1 Å². The Balaban J connectivity index is 0.00000220. The molecule has 2 aromatic rings. The summed E-state index contributed by atoms with van der Waals surface area (Å²) in [7, 11) is 0. The van der Waals surface area contributed by atoms with E-state index in [2.05, 4.69) is 29.1 Å². The topological polar surface area (TPSA) is 52.3 Å². The number of rotatable bonds is 5. The van der Waals surface area contributed by atoms with Crippen molar-refractivity contribution < 1.29 is 9.63 Å². The average molecular weight is 326 g/mol. The number of carbonyl (C=O) groups excluding carboxylic acids is 1. The maximum absolute atomic E-state index is 10.9. The van der Waals surface area contributed by atoms with Crippen LogP contribution in [-0.4, -0.2) is 5.97 Å². The van der Waals surface area contributed by atoms with Gasteiger partial charge in [0.2, 0.25) is 0 Å². The summed E-state index contributed by atoms with van der Waals surface area (Å²) in [6.07, 6.45) is 1.89. The summed E-state index contributed by atoms with van der Waals surface area (Å²) in [5.74, 6) is 4.41. The molecule has 0 aliphatic heterocycles. The van der Waals surface area contributed by atoms with Crippen molar-refractivity contribution in [3.8, 4) is 11.1 Å². The van der Waals surface area contributed by atoms with Crippen LogP contribution < -0.4 is 5.90 Å². The first-order valence-corrected chi connectivity index (χ1v) is 6.81. The van der Waals surface area contributed by atoms with Crippen molar-refractivity contribution in [1.82, 2.24) is 0 Å². The van der Waals surface area contributed by atoms with Gasteiger partial charge in [0.15, 0.2) is 0 Å². The van der Waals surface area contributed by atoms with Gasteiger partial charge < -0.3 is 4.84 Å². The van der Waals surface area contributed by atoms with Gasteiger partial charge in [0.1, 0.15) is 0 Å². The smallest absolute Gasteiger partial charge is 0.324 e. The van der Waals surface area contributed by atoms with Crippen molar-refractivity contribution in [2.45, 2.75) is 19.3 Å². The van der Waals surface area contributed by atoms with E-state index in [9.17, 15) is 4.79 Å². The molecule has 0 spiro atoms. The van der Waals surface area contributed by atoms with E-state index < -0.39 is 0 Å². The first kappa shape index (κ1) is 17.5. The highest BCUT2D eigenvalue weighted by molar-refractivity contribution is 6.30. The Kier molecular flexibility index (Phi) is 7.23. The van der Waals surface area contributed by atoms with Gasteiger partial charge in [-0.1, -0.05) is 48.0 Å². The largest absolute Gasteiger partial charge is 0.373 e. The standard InChI is InChI=1S/C16H16ClNO2.ClH/c17-15-5-2-4-14(11-15)13-9-7-12(8-10-13)3-1-6-16(19)20-18;/h2,4-5,7-11H,1,3,6,18H2;1H. The monoisotopic (exact) mass is 325 g/mol. The second-order valence-corrected chi connectivity index (χ2v) is 4.99. The Hall–Kier alpha value is -1.55. The highest BCUT2D eigenvalue weighted by Gasteiger charge is 2.02. The first-order chi connectivity index (χ1) is 9.69. The number of benzene rings is 2. The van der Waals surface area contributed by atoms with E-state index in [1.165, 1.54) is 5.56 Å². The molecule has 0 amide bonds. The molecule has 21 heavy (non-hydrogen) atoms. The van der Waals surface area contributed by atoms with Gasteiger partial charge in [0.25, 0.3) is 0 Å². The van der Waals surface area contributed by atoms with Gasteiger partial charge in [-0.15, -0.1) is 12.4 Å². The van der Waals surface area contributed by atoms with Crippen LogP contribution in [0.15, 0.2) is 48.5 Å². The third-order valence-corrected chi connectivity index (χ3v) is 3.32. The molecule has 0 atom stereocenters. The van der Waals surface area contributed by atoms with Gasteiger partial charge in [0, 0.05) is 11.4 Å². The number of carbonyl (C=O) groups is 1. The van der Waals surface area contributed by atoms with Crippen molar-refractivity contribution in [1.29, 1.82) is 0 Å². The molecule has 0 fully saturated rings. The fourth-order valence-electron chi connectivity index (χ4n) is 2.03. The van der Waals surface area contributed by atoms with Crippen molar-refractivity contribution in [2.24, 2.45) is 5.90 Å². The Morgan fingerprint density at radius 3 is 2.43 bits per heavy atom. The Bertz CT molecular complexity index is 585. The molecule has 0 aliphatic rings. The van der Waals surface area contributed by atoms with E-state index in [1.807, 2.05) is 24.3 Å². The van der Waals surface area contributed by atoms with Gasteiger partial charge in [-0.25, -0.2) is 0 Å². The SMILES string of the molecule is Cl.NOC(=O)CCCc1ccc(-c2cccc(Cl)c2)cc1. The minimum atomic E-state index is -0.374. The maximum atomic E-state index is 10.9. The molecule has 0 saturated carbocycles. The summed E-state index contributed by atoms with van der Waals surface area (Å²) >= 11 is 5.98. The Morgan fingerprint density at radius 2 is 1.81 bits per heavy atom. The van der Waals surface area contributed by atoms with E-state index in [1.54, 1.807) is 0 Å². The van der Waals surface area contributed by atoms with Crippen molar-refractivity contribution in [3.05, 3.63) is 59.1 Å². The molecule has 2 aromatic carbocycles. The van der Waals surface area contributed by atoms with Gasteiger partial charge >= 0.3 is 5.97 Å². The first-order valence-electron chi connectivity index (χ1n) is 6.43. The summed E-state index contributed by atoms with van der Waals surface area (Å²) in [6.45, 7) is 0. The molecule has 0 aliphatic carbocycles. The van der Waals surface area contributed by atoms with Gasteiger partial charge in [-0.2, -0.15) is 5.90 Å². The van der Waals surface area contributed by atoms with Gasteiger partial charge in [0.05, 0.1) is 0 Å². The number of hydrogen-bond donors (Lipinski definition) is 1. The molecule has 2 rings (SSSR count). The Labute approximate surface area is 135 Å². The van der Waals surface area contributed by atoms with E-state index in [4.69, 9.17) is 17.5 Å². The summed E-state index contributed by atoms with van der Waals surface area (Å²) < 4.78 is 0. The van der Waals surface area contributed by atoms with Crippen LogP contribution in [0.3, 0.4) is 0 Å². The number of halogens is 2. The second-order valence-electron chi connectivity index (χ2n) is 4.55. The lowest BCUT2D eigenvalue weighted by atomic mass is 10.0. The molecule has 0 unspecified atom stereocenters. The van der Waals surface area contributed by atoms with Crippen LogP contribution in [0.1, 0.15) is 18.4 Å². The van der Waals surface area contributed by atoms with Gasteiger partial charge in [-0.05, 0) is 41.7 Å². The van der Waals surface area contributed by atoms with E-state index in [0.29, 0.717) is 6.42 Å². The third-order valence-electron chi connectivity index (χ3n) is 3.09. The molecule has 0 aromatic heterocycles. The number of aryl methyl sites for hydroxylation is 1. The lowest BCUT2D eigenvalue weighted by molar-refractivity contribution is -0.144. The highest BCUT2D eigenvalue weighted by Crippen LogP contribution is 2.23. The summed E-state index contributed by atoms with van der Waals surface area (Å²) in [5.41, 5.74) is 3.40. The van der Waals surface area contributed by atoms with Crippen LogP contribution >= 0.6 is 24.0 Å². The highest BCUT2D eigenvalue weighted by atomic mass is 35.5. The molecule has 0 saturated heterocycles. The molecule has 0 bridgehead atoms. The minimum absolute atomic E-state index is 0. The van der Waals surface area contributed by atoms with E-state index >= 15 is 0 Å². The normalized spacial score (nSPS) is 9.81. The molecule has 112 valence electrons. The summed E-state index contributed by atoms with van der Waals surface area (Å²) in [4.78, 5) is 15.0. The fraction of sp³-hybridized carbons (Fsp3) is 0.188. The molecule has 3 nitrogen and oxygen atoms in total. The average Bonchev–Trinajstić information content (AvgIpc) is 2.48. The van der Waals surface area contributed by atoms with Crippen molar-refractivity contribution in [2.75, 3.05) is 0 Å². The number of hydrogen-bond acceptors (Lipinski definition) is 3. The minimum Gasteiger partial charge on any atom is -0.373 e. The molecule has 5 heteroatoms. The summed E-state index contributed by atoms with van der Waals surface area (Å²) in [6, 6.07) is 16.0. The zero-order chi connectivity index (χ0) is 14.4. The lowest BCUT2D eigenvalue weighted by Crippen LogP contribution is -2.09. The zero-order valence-corrected chi connectivity index (χ0v) is 13.0. The Morgan fingerprint density at radius 1 is 1.10 bits per heavy atom. The maximum Gasteiger partial charge on any atom is 0.324 e. The second kappa shape index (κ2) is 8.67. The number of nitrogens with two attached hydrogens (primary N) is 1. The van der Waals surface area contributed by atoms with Crippen LogP contribution in [0.4, 0.5) is 0 Å². The summed E-state index contributed by atoms with van der Waals surface area (Å²) in [5, 5.41) is 0.729. The van der Waals surface area contributed by atoms with Crippen LogP contribution in [-0.2, 0) is 16.1 Å². The molecular weight excluding hydrogens is 309 g/mol. The zero-order valence-electron chi connectivity index (χ0n) is 11.4. The van der Waals surface area contributed by atoms with E-state index in [-0.39, 0.29) is 18.4 Å². The quantitative estimate of drug-likeness (QED) is 0.839. The third kappa shape index (κ3) is 5.38. The molecule has 0 heterocycles. The van der Waals surface area contributed by atoms with Crippen molar-refractivity contribution in [3.63, 3.8) is 0 Å². The molecule has 2 N–H and O–H groups in total. The van der Waals surface area contributed by atoms with Crippen LogP contribution in [0, 0.1) is 0 Å².